The highest BCUT2D eigenvalue weighted by molar-refractivity contribution is 5.58. The maximum atomic E-state index is 6.13. The van der Waals surface area contributed by atoms with Crippen LogP contribution in [-0.4, -0.2) is 13.2 Å². The van der Waals surface area contributed by atoms with Crippen LogP contribution in [0.15, 0.2) is 121 Å². The van der Waals surface area contributed by atoms with Gasteiger partial charge in [-0.25, -0.2) is 0 Å². The van der Waals surface area contributed by atoms with Gasteiger partial charge in [0.15, 0.2) is 0 Å². The molecule has 0 unspecified atom stereocenters. The van der Waals surface area contributed by atoms with E-state index in [1.54, 1.807) is 0 Å². The zero-order valence-electron chi connectivity index (χ0n) is 16.5. The van der Waals surface area contributed by atoms with Gasteiger partial charge < -0.3 is 4.74 Å². The highest BCUT2D eigenvalue weighted by atomic mass is 16.5. The molecule has 0 aliphatic rings. The second-order valence-electron chi connectivity index (χ2n) is 7.17. The lowest BCUT2D eigenvalue weighted by Crippen LogP contribution is -2.46. The van der Waals surface area contributed by atoms with E-state index in [9.17, 15) is 0 Å². The van der Waals surface area contributed by atoms with Crippen molar-refractivity contribution in [3.63, 3.8) is 0 Å². The molecule has 0 spiro atoms. The Labute approximate surface area is 173 Å². The molecule has 144 valence electrons. The summed E-state index contributed by atoms with van der Waals surface area (Å²) in [6.07, 6.45) is 0. The molecule has 4 aromatic carbocycles. The summed E-state index contributed by atoms with van der Waals surface area (Å²) in [5.74, 6) is 0.909. The van der Waals surface area contributed by atoms with Crippen molar-refractivity contribution in [3.05, 3.63) is 127 Å². The first kappa shape index (κ1) is 19.0. The maximum Gasteiger partial charge on any atom is 0.138 e. The lowest BCUT2D eigenvalue weighted by Gasteiger charge is -2.38. The molecule has 29 heavy (non-hydrogen) atoms. The zero-order valence-corrected chi connectivity index (χ0v) is 16.5. The van der Waals surface area contributed by atoms with Crippen LogP contribution < -0.4 is 9.22 Å². The Morgan fingerprint density at radius 2 is 0.966 bits per heavy atom. The van der Waals surface area contributed by atoms with Crippen LogP contribution >= 0.6 is 0 Å². The van der Waals surface area contributed by atoms with Gasteiger partial charge in [-0.1, -0.05) is 84.9 Å². The molecule has 0 aliphatic heterocycles. The minimum Gasteiger partial charge on any atom is -0.488 e. The smallest absolute Gasteiger partial charge is 0.138 e. The molecule has 0 aromatic heterocycles. The maximum absolute atomic E-state index is 6.13. The molecule has 0 N–H and O–H groups in total. The number of nitrogens with zero attached hydrogens (tertiary/aromatic N) is 1. The molecular weight excluding hydrogens is 354 g/mol. The molecule has 0 fully saturated rings. The fourth-order valence-electron chi connectivity index (χ4n) is 3.83. The lowest BCUT2D eigenvalue weighted by molar-refractivity contribution is 0.254. The predicted molar refractivity (Wildman–Crippen MR) is 121 cm³/mol. The summed E-state index contributed by atoms with van der Waals surface area (Å²) in [4.78, 5) is 0. The molecule has 2 heteroatoms. The molecule has 0 amide bonds. The second-order valence-corrected chi connectivity index (χ2v) is 7.17. The van der Waals surface area contributed by atoms with Gasteiger partial charge in [-0.15, -0.1) is 0 Å². The van der Waals surface area contributed by atoms with Crippen molar-refractivity contribution in [1.29, 1.82) is 0 Å². The van der Waals surface area contributed by atoms with Crippen molar-refractivity contribution in [2.24, 2.45) is 0 Å². The Hall–Kier alpha value is -3.36. The van der Waals surface area contributed by atoms with Crippen LogP contribution in [0.5, 0.6) is 5.75 Å². The average Bonchev–Trinajstić information content (AvgIpc) is 2.81. The fraction of sp³-hybridized carbons (Fsp3) is 0.111. The van der Waals surface area contributed by atoms with Gasteiger partial charge in [-0.05, 0) is 36.4 Å². The van der Waals surface area contributed by atoms with Gasteiger partial charge in [-0.3, -0.25) is 4.48 Å². The SMILES string of the molecule is c1ccc(C[N+](CCOc2ccccc2)(c2ccccc2)c2ccccc2)cc1. The highest BCUT2D eigenvalue weighted by Gasteiger charge is 2.33. The first-order valence-electron chi connectivity index (χ1n) is 10.1. The monoisotopic (exact) mass is 380 g/mol. The Morgan fingerprint density at radius 3 is 1.48 bits per heavy atom. The molecule has 0 aliphatic carbocycles. The van der Waals surface area contributed by atoms with Gasteiger partial charge in [0.1, 0.15) is 36.8 Å². The summed E-state index contributed by atoms with van der Waals surface area (Å²) in [5, 5.41) is 0. The van der Waals surface area contributed by atoms with E-state index in [2.05, 4.69) is 91.0 Å². The van der Waals surface area contributed by atoms with Crippen molar-refractivity contribution in [2.75, 3.05) is 13.2 Å². The molecule has 0 heterocycles. The average molecular weight is 381 g/mol. The largest absolute Gasteiger partial charge is 0.488 e. The Balaban J connectivity index is 1.72. The van der Waals surface area contributed by atoms with Crippen molar-refractivity contribution in [3.8, 4) is 5.75 Å². The zero-order chi connectivity index (χ0) is 19.8. The summed E-state index contributed by atoms with van der Waals surface area (Å²) in [7, 11) is 0. The van der Waals surface area contributed by atoms with Crippen molar-refractivity contribution in [1.82, 2.24) is 4.48 Å². The van der Waals surface area contributed by atoms with Crippen LogP contribution in [0.25, 0.3) is 0 Å². The first-order chi connectivity index (χ1) is 14.4. The number of benzene rings is 4. The second kappa shape index (κ2) is 9.22. The van der Waals surface area contributed by atoms with E-state index in [0.717, 1.165) is 18.8 Å². The minimum absolute atomic E-state index is 0.626. The van der Waals surface area contributed by atoms with E-state index in [1.165, 1.54) is 16.9 Å². The summed E-state index contributed by atoms with van der Waals surface area (Å²) < 4.78 is 6.83. The number of quaternary nitrogens is 1. The molecule has 0 saturated heterocycles. The van der Waals surface area contributed by atoms with Crippen LogP contribution in [0.2, 0.25) is 0 Å². The Morgan fingerprint density at radius 1 is 0.517 bits per heavy atom. The summed E-state index contributed by atoms with van der Waals surface area (Å²) in [5.41, 5.74) is 3.83. The van der Waals surface area contributed by atoms with Gasteiger partial charge in [0.05, 0.1) is 0 Å². The van der Waals surface area contributed by atoms with Crippen LogP contribution in [0.4, 0.5) is 11.4 Å². The van der Waals surface area contributed by atoms with Gasteiger partial charge in [0, 0.05) is 5.56 Å². The lowest BCUT2D eigenvalue weighted by atomic mass is 10.1. The van der Waals surface area contributed by atoms with Gasteiger partial charge >= 0.3 is 0 Å². The minimum atomic E-state index is 0.626. The quantitative estimate of drug-likeness (QED) is 0.313. The molecule has 4 rings (SSSR count). The highest BCUT2D eigenvalue weighted by Crippen LogP contribution is 2.36. The number of rotatable bonds is 8. The van der Waals surface area contributed by atoms with Crippen LogP contribution in [0, 0.1) is 0 Å². The normalized spacial score (nSPS) is 11.2. The molecule has 0 bridgehead atoms. The number of hydrogen-bond acceptors (Lipinski definition) is 1. The van der Waals surface area contributed by atoms with E-state index >= 15 is 0 Å². The third-order valence-electron chi connectivity index (χ3n) is 5.28. The first-order valence-corrected chi connectivity index (χ1v) is 10.1. The van der Waals surface area contributed by atoms with Crippen molar-refractivity contribution >= 4 is 11.4 Å². The van der Waals surface area contributed by atoms with Crippen LogP contribution in [0.1, 0.15) is 5.56 Å². The topological polar surface area (TPSA) is 9.23 Å². The van der Waals surface area contributed by atoms with Gasteiger partial charge in [0.25, 0.3) is 0 Å². The molecule has 4 aromatic rings. The molecule has 0 saturated carbocycles. The number of hydrogen-bond donors (Lipinski definition) is 0. The Bertz CT molecular complexity index is 946. The summed E-state index contributed by atoms with van der Waals surface area (Å²) in [6, 6.07) is 42.3. The van der Waals surface area contributed by atoms with E-state index < -0.39 is 0 Å². The number of para-hydroxylation sites is 3. The summed E-state index contributed by atoms with van der Waals surface area (Å²) >= 11 is 0. The van der Waals surface area contributed by atoms with Crippen molar-refractivity contribution in [2.45, 2.75) is 6.54 Å². The third kappa shape index (κ3) is 4.56. The Kier molecular flexibility index (Phi) is 6.04. The third-order valence-corrected chi connectivity index (χ3v) is 5.28. The van der Waals surface area contributed by atoms with Crippen LogP contribution in [-0.2, 0) is 6.54 Å². The molecule has 2 nitrogen and oxygen atoms in total. The standard InChI is InChI=1S/C27H26NO/c1-5-13-24(14-6-1)23-28(25-15-7-2-8-16-25,26-17-9-3-10-18-26)21-22-29-27-19-11-4-12-20-27/h1-20H,21-23H2/q+1. The predicted octanol–water partition coefficient (Wildman–Crippen LogP) is 6.60. The van der Waals surface area contributed by atoms with Crippen molar-refractivity contribution < 1.29 is 4.74 Å². The number of ether oxygens (including phenoxy) is 1. The van der Waals surface area contributed by atoms with Crippen LogP contribution in [0.3, 0.4) is 0 Å². The van der Waals surface area contributed by atoms with E-state index in [0.29, 0.717) is 11.1 Å². The van der Waals surface area contributed by atoms with E-state index in [-0.39, 0.29) is 0 Å². The van der Waals surface area contributed by atoms with E-state index in [1.807, 2.05) is 30.3 Å². The summed E-state index contributed by atoms with van der Waals surface area (Å²) in [6.45, 7) is 2.32. The molecule has 0 atom stereocenters. The molecule has 0 radical (unpaired) electrons. The van der Waals surface area contributed by atoms with E-state index in [4.69, 9.17) is 4.74 Å². The molecular formula is C27H26NO+. The fourth-order valence-corrected chi connectivity index (χ4v) is 3.83. The van der Waals surface area contributed by atoms with Gasteiger partial charge in [-0.2, -0.15) is 0 Å². The van der Waals surface area contributed by atoms with Gasteiger partial charge in [0.2, 0.25) is 0 Å².